The Hall–Kier alpha value is -3.44. The number of hydrogen-bond donors (Lipinski definition) is 1. The molecule has 0 aromatic heterocycles. The van der Waals surface area contributed by atoms with Crippen molar-refractivity contribution in [3.63, 3.8) is 0 Å². The molecule has 0 saturated heterocycles. The van der Waals surface area contributed by atoms with Crippen LogP contribution in [0.2, 0.25) is 5.02 Å². The fourth-order valence-corrected chi connectivity index (χ4v) is 5.15. The number of Topliss-reactive ketones (excluding diaryl/α,β-unsaturated/α-hetero) is 1. The minimum Gasteiger partial charge on any atom is -0.425 e. The van der Waals surface area contributed by atoms with Crippen LogP contribution in [0.4, 0.5) is 5.69 Å². The van der Waals surface area contributed by atoms with E-state index in [1.807, 2.05) is 25.1 Å². The fourth-order valence-electron chi connectivity index (χ4n) is 5.02. The molecule has 1 heterocycles. The molecule has 1 aliphatic heterocycles. The van der Waals surface area contributed by atoms with E-state index in [9.17, 15) is 14.4 Å². The standard InChI is InChI=1S/C26H20ClNO4/c1-15-7-13-18(14-8-15)28-23(30)26-21(19-5-3-4-6-20(19)32-24(26)31)25(26,2)22(29)16-9-11-17(27)12-10-16/h3-14,21H,1-2H3,(H,28,30). The first-order chi connectivity index (χ1) is 15.3. The molecule has 1 aliphatic carbocycles. The number of benzene rings is 3. The van der Waals surface area contributed by atoms with Crippen LogP contribution in [0.25, 0.3) is 0 Å². The Kier molecular flexibility index (Phi) is 4.50. The molecule has 3 aromatic rings. The maximum absolute atomic E-state index is 13.7. The largest absolute Gasteiger partial charge is 0.425 e. The molecular weight excluding hydrogens is 426 g/mol. The van der Waals surface area contributed by atoms with Crippen molar-refractivity contribution in [3.05, 3.63) is 94.5 Å². The number of aryl methyl sites for hydroxylation is 1. The van der Waals surface area contributed by atoms with Gasteiger partial charge in [0.15, 0.2) is 11.2 Å². The average molecular weight is 446 g/mol. The molecule has 1 saturated carbocycles. The first-order valence-electron chi connectivity index (χ1n) is 10.3. The van der Waals surface area contributed by atoms with Crippen LogP contribution in [0.3, 0.4) is 0 Å². The summed E-state index contributed by atoms with van der Waals surface area (Å²) in [5, 5.41) is 3.34. The summed E-state index contributed by atoms with van der Waals surface area (Å²) in [6.07, 6.45) is 0. The second-order valence-corrected chi connectivity index (χ2v) is 8.96. The number of ketones is 1. The SMILES string of the molecule is Cc1ccc(NC(=O)C23C(=O)Oc4ccccc4C2C3(C)C(=O)c2ccc(Cl)cc2)cc1. The molecule has 6 heteroatoms. The Balaban J connectivity index is 1.62. The maximum Gasteiger partial charge on any atom is 0.328 e. The van der Waals surface area contributed by atoms with E-state index in [1.54, 1.807) is 61.5 Å². The van der Waals surface area contributed by atoms with Gasteiger partial charge in [-0.3, -0.25) is 14.4 Å². The molecule has 0 radical (unpaired) electrons. The van der Waals surface area contributed by atoms with Crippen molar-refractivity contribution in [2.45, 2.75) is 19.8 Å². The van der Waals surface area contributed by atoms with Crippen molar-refractivity contribution in [3.8, 4) is 5.75 Å². The molecule has 3 atom stereocenters. The topological polar surface area (TPSA) is 72.5 Å². The number of fused-ring (bicyclic) bond motifs is 3. The van der Waals surface area contributed by atoms with Crippen LogP contribution in [0.5, 0.6) is 5.75 Å². The van der Waals surface area contributed by atoms with Crippen LogP contribution in [0, 0.1) is 17.8 Å². The van der Waals surface area contributed by atoms with Crippen LogP contribution in [-0.2, 0) is 9.59 Å². The van der Waals surface area contributed by atoms with E-state index >= 15 is 0 Å². The van der Waals surface area contributed by atoms with Gasteiger partial charge in [-0.2, -0.15) is 0 Å². The molecule has 1 amide bonds. The molecule has 160 valence electrons. The number of halogens is 1. The van der Waals surface area contributed by atoms with E-state index < -0.39 is 28.6 Å². The monoisotopic (exact) mass is 445 g/mol. The highest BCUT2D eigenvalue weighted by atomic mass is 35.5. The van der Waals surface area contributed by atoms with Gasteiger partial charge in [0.1, 0.15) is 5.75 Å². The molecule has 1 N–H and O–H groups in total. The number of amides is 1. The molecule has 5 rings (SSSR count). The van der Waals surface area contributed by atoms with E-state index in [0.717, 1.165) is 5.56 Å². The second-order valence-electron chi connectivity index (χ2n) is 8.53. The normalized spacial score (nSPS) is 25.2. The van der Waals surface area contributed by atoms with Crippen molar-refractivity contribution in [1.82, 2.24) is 0 Å². The van der Waals surface area contributed by atoms with Gasteiger partial charge in [-0.05, 0) is 56.3 Å². The van der Waals surface area contributed by atoms with Crippen molar-refractivity contribution in [2.75, 3.05) is 5.32 Å². The van der Waals surface area contributed by atoms with Gasteiger partial charge in [0.05, 0.1) is 5.41 Å². The van der Waals surface area contributed by atoms with Gasteiger partial charge >= 0.3 is 5.97 Å². The third-order valence-corrected chi connectivity index (χ3v) is 7.00. The van der Waals surface area contributed by atoms with E-state index in [4.69, 9.17) is 16.3 Å². The number of hydrogen-bond acceptors (Lipinski definition) is 4. The molecule has 32 heavy (non-hydrogen) atoms. The van der Waals surface area contributed by atoms with Gasteiger partial charge in [0.25, 0.3) is 0 Å². The Morgan fingerprint density at radius 3 is 2.31 bits per heavy atom. The van der Waals surface area contributed by atoms with Crippen LogP contribution in [0.1, 0.15) is 34.3 Å². The van der Waals surface area contributed by atoms with Crippen molar-refractivity contribution < 1.29 is 19.1 Å². The molecular formula is C26H20ClNO4. The fraction of sp³-hybridized carbons (Fsp3) is 0.192. The van der Waals surface area contributed by atoms with Crippen molar-refractivity contribution >= 4 is 34.9 Å². The minimum absolute atomic E-state index is 0.299. The zero-order valence-corrected chi connectivity index (χ0v) is 18.3. The predicted molar refractivity (Wildman–Crippen MR) is 121 cm³/mol. The van der Waals surface area contributed by atoms with E-state index in [2.05, 4.69) is 5.32 Å². The Morgan fingerprint density at radius 1 is 0.969 bits per heavy atom. The van der Waals surface area contributed by atoms with Crippen molar-refractivity contribution in [2.24, 2.45) is 10.8 Å². The quantitative estimate of drug-likeness (QED) is 0.260. The van der Waals surface area contributed by atoms with Crippen LogP contribution in [-0.4, -0.2) is 17.7 Å². The molecule has 3 aromatic carbocycles. The molecule has 5 nitrogen and oxygen atoms in total. The summed E-state index contributed by atoms with van der Waals surface area (Å²) in [7, 11) is 0. The third kappa shape index (κ3) is 2.67. The highest BCUT2D eigenvalue weighted by Crippen LogP contribution is 2.78. The summed E-state index contributed by atoms with van der Waals surface area (Å²) in [6, 6.07) is 20.8. The highest BCUT2D eigenvalue weighted by molar-refractivity contribution is 6.30. The van der Waals surface area contributed by atoms with E-state index in [1.165, 1.54) is 0 Å². The lowest BCUT2D eigenvalue weighted by molar-refractivity contribution is -0.147. The zero-order chi connectivity index (χ0) is 22.7. The maximum atomic E-state index is 13.7. The Labute approximate surface area is 190 Å². The summed E-state index contributed by atoms with van der Waals surface area (Å²) < 4.78 is 5.59. The lowest BCUT2D eigenvalue weighted by Crippen LogP contribution is -2.42. The number of carbonyl (C=O) groups is 3. The minimum atomic E-state index is -1.66. The number of rotatable bonds is 4. The number of nitrogens with one attached hydrogen (secondary N) is 1. The third-order valence-electron chi connectivity index (χ3n) is 6.75. The lowest BCUT2D eigenvalue weighted by Gasteiger charge is -2.23. The number of carbonyl (C=O) groups excluding carboxylic acids is 3. The van der Waals surface area contributed by atoms with Gasteiger partial charge in [-0.1, -0.05) is 47.5 Å². The van der Waals surface area contributed by atoms with Crippen molar-refractivity contribution in [1.29, 1.82) is 0 Å². The zero-order valence-electron chi connectivity index (χ0n) is 17.5. The number of ether oxygens (including phenoxy) is 1. The number of esters is 1. The molecule has 3 unspecified atom stereocenters. The summed E-state index contributed by atoms with van der Waals surface area (Å²) >= 11 is 5.99. The van der Waals surface area contributed by atoms with E-state index in [-0.39, 0.29) is 5.78 Å². The summed E-state index contributed by atoms with van der Waals surface area (Å²) in [5.74, 6) is -1.81. The Bertz CT molecular complexity index is 1270. The van der Waals surface area contributed by atoms with Crippen LogP contribution < -0.4 is 10.1 Å². The predicted octanol–water partition coefficient (Wildman–Crippen LogP) is 5.18. The molecule has 0 bridgehead atoms. The number of para-hydroxylation sites is 1. The second kappa shape index (κ2) is 7.04. The lowest BCUT2D eigenvalue weighted by atomic mass is 9.86. The van der Waals surface area contributed by atoms with Gasteiger partial charge in [0, 0.05) is 27.8 Å². The van der Waals surface area contributed by atoms with Crippen LogP contribution >= 0.6 is 11.6 Å². The molecule has 0 spiro atoms. The van der Waals surface area contributed by atoms with Gasteiger partial charge in [-0.15, -0.1) is 0 Å². The molecule has 2 aliphatic rings. The first kappa shape index (κ1) is 20.5. The molecule has 1 fully saturated rings. The summed E-state index contributed by atoms with van der Waals surface area (Å²) in [5.41, 5.74) is -0.315. The van der Waals surface area contributed by atoms with Gasteiger partial charge in [0.2, 0.25) is 5.91 Å². The highest BCUT2D eigenvalue weighted by Gasteiger charge is 2.88. The van der Waals surface area contributed by atoms with Gasteiger partial charge in [-0.25, -0.2) is 0 Å². The van der Waals surface area contributed by atoms with E-state index in [0.29, 0.717) is 27.6 Å². The van der Waals surface area contributed by atoms with Gasteiger partial charge < -0.3 is 10.1 Å². The van der Waals surface area contributed by atoms with Crippen LogP contribution in [0.15, 0.2) is 72.8 Å². The average Bonchev–Trinajstić information content (AvgIpc) is 3.39. The smallest absolute Gasteiger partial charge is 0.328 e. The Morgan fingerprint density at radius 2 is 1.62 bits per heavy atom. The number of anilines is 1. The first-order valence-corrected chi connectivity index (χ1v) is 10.7. The summed E-state index contributed by atoms with van der Waals surface area (Å²) in [6.45, 7) is 3.62. The summed E-state index contributed by atoms with van der Waals surface area (Å²) in [4.78, 5) is 40.7.